The zero-order valence-electron chi connectivity index (χ0n) is 26.8. The maximum Gasteiger partial charge on any atom is 0.0640 e. The predicted molar refractivity (Wildman–Crippen MR) is 206 cm³/mol. The summed E-state index contributed by atoms with van der Waals surface area (Å²) in [5.74, 6) is 0. The second kappa shape index (κ2) is 10.2. The number of thiophene rings is 1. The van der Waals surface area contributed by atoms with Crippen molar-refractivity contribution in [1.29, 1.82) is 0 Å². The van der Waals surface area contributed by atoms with E-state index in [1.807, 2.05) is 11.3 Å². The Bertz CT molecular complexity index is 2710. The van der Waals surface area contributed by atoms with E-state index in [1.54, 1.807) is 0 Å². The third kappa shape index (κ3) is 3.85. The van der Waals surface area contributed by atoms with Gasteiger partial charge in [-0.25, -0.2) is 0 Å². The highest BCUT2D eigenvalue weighted by atomic mass is 32.1. The largest absolute Gasteiger partial charge is 0.309 e. The number of hydrogen-bond donors (Lipinski definition) is 0. The zero-order chi connectivity index (χ0) is 32.0. The molecule has 2 nitrogen and oxygen atoms in total. The molecule has 0 saturated heterocycles. The molecule has 0 aliphatic carbocycles. The van der Waals surface area contributed by atoms with Crippen LogP contribution in [0.25, 0.3) is 58.8 Å². The van der Waals surface area contributed by atoms with Gasteiger partial charge in [0.1, 0.15) is 0 Å². The van der Waals surface area contributed by atoms with E-state index in [9.17, 15) is 0 Å². The van der Waals surface area contributed by atoms with Crippen LogP contribution in [0.2, 0.25) is 0 Å². The molecule has 0 fully saturated rings. The van der Waals surface area contributed by atoms with E-state index in [2.05, 4.69) is 181 Å². The summed E-state index contributed by atoms with van der Waals surface area (Å²) < 4.78 is 5.03. The fourth-order valence-electron chi connectivity index (χ4n) is 8.06. The molecule has 0 N–H and O–H groups in total. The normalized spacial score (nSPS) is 13.8. The molecule has 48 heavy (non-hydrogen) atoms. The molecule has 7 aromatic carbocycles. The number of aromatic nitrogens is 1. The van der Waals surface area contributed by atoms with Crippen LogP contribution in [-0.4, -0.2) is 4.57 Å². The van der Waals surface area contributed by atoms with Crippen LogP contribution < -0.4 is 4.90 Å². The molecule has 0 bridgehead atoms. The van der Waals surface area contributed by atoms with Gasteiger partial charge in [0.2, 0.25) is 0 Å². The minimum atomic E-state index is -0.181. The molecule has 2 aromatic heterocycles. The van der Waals surface area contributed by atoms with Crippen molar-refractivity contribution in [2.45, 2.75) is 19.3 Å². The maximum absolute atomic E-state index is 2.51. The van der Waals surface area contributed by atoms with Crippen LogP contribution in [0.1, 0.15) is 25.0 Å². The third-order valence-electron chi connectivity index (χ3n) is 10.4. The smallest absolute Gasteiger partial charge is 0.0640 e. The monoisotopic (exact) mass is 632 g/mol. The van der Waals surface area contributed by atoms with E-state index in [4.69, 9.17) is 0 Å². The Balaban J connectivity index is 1.18. The standard InChI is InChI=1S/C45H32N2S/c1-45(2)36-18-8-10-20-40(36)47(42-21-12-17-34-33-16-7-11-22-43(33)48-44(34)42)41-26-24-30(28-37(41)45)29-23-25-39-35(27-29)32-15-6-9-19-38(32)46(39)31-13-4-3-5-14-31/h3-28H,1-2H3. The first-order valence-corrected chi connectivity index (χ1v) is 17.4. The van der Waals surface area contributed by atoms with Crippen LogP contribution in [0.5, 0.6) is 0 Å². The van der Waals surface area contributed by atoms with Crippen molar-refractivity contribution in [3.63, 3.8) is 0 Å². The first-order chi connectivity index (χ1) is 23.6. The second-order valence-electron chi connectivity index (χ2n) is 13.4. The molecule has 228 valence electrons. The van der Waals surface area contributed by atoms with Crippen molar-refractivity contribution in [3.05, 3.63) is 169 Å². The first kappa shape index (κ1) is 27.5. The highest BCUT2D eigenvalue weighted by molar-refractivity contribution is 7.26. The van der Waals surface area contributed by atoms with Gasteiger partial charge in [-0.2, -0.15) is 0 Å². The SMILES string of the molecule is CC1(C)c2ccccc2N(c2cccc3c2sc2ccccc23)c2ccc(-c3ccc4c(c3)c3ccccc3n4-c3ccccc3)cc21. The van der Waals surface area contributed by atoms with E-state index in [-0.39, 0.29) is 5.41 Å². The van der Waals surface area contributed by atoms with Gasteiger partial charge in [0.25, 0.3) is 0 Å². The summed E-state index contributed by atoms with van der Waals surface area (Å²) in [4.78, 5) is 2.51. The number of fused-ring (bicyclic) bond motifs is 8. The lowest BCUT2D eigenvalue weighted by Gasteiger charge is -2.42. The van der Waals surface area contributed by atoms with Gasteiger partial charge in [-0.1, -0.05) is 111 Å². The first-order valence-electron chi connectivity index (χ1n) is 16.6. The molecule has 0 atom stereocenters. The molecule has 0 saturated carbocycles. The zero-order valence-corrected chi connectivity index (χ0v) is 27.6. The summed E-state index contributed by atoms with van der Waals surface area (Å²) in [5.41, 5.74) is 12.3. The molecule has 1 aliphatic heterocycles. The second-order valence-corrected chi connectivity index (χ2v) is 14.4. The molecule has 0 unspecified atom stereocenters. The van der Waals surface area contributed by atoms with E-state index in [0.29, 0.717) is 0 Å². The Morgan fingerprint density at radius 1 is 0.458 bits per heavy atom. The molecule has 0 amide bonds. The lowest BCUT2D eigenvalue weighted by molar-refractivity contribution is 0.632. The molecule has 3 heterocycles. The van der Waals surface area contributed by atoms with Crippen molar-refractivity contribution in [3.8, 4) is 16.8 Å². The number of rotatable bonds is 3. The van der Waals surface area contributed by atoms with E-state index in [1.165, 1.54) is 87.0 Å². The average Bonchev–Trinajstić information content (AvgIpc) is 3.68. The Morgan fingerprint density at radius 3 is 2.00 bits per heavy atom. The van der Waals surface area contributed by atoms with Gasteiger partial charge in [0.05, 0.1) is 32.8 Å². The fourth-order valence-corrected chi connectivity index (χ4v) is 9.27. The third-order valence-corrected chi connectivity index (χ3v) is 11.6. The number of para-hydroxylation sites is 3. The minimum Gasteiger partial charge on any atom is -0.309 e. The molecule has 3 heteroatoms. The number of hydrogen-bond acceptors (Lipinski definition) is 2. The molecular formula is C45H32N2S. The van der Waals surface area contributed by atoms with Gasteiger partial charge < -0.3 is 9.47 Å². The Morgan fingerprint density at radius 2 is 1.10 bits per heavy atom. The molecule has 9 aromatic rings. The van der Waals surface area contributed by atoms with Gasteiger partial charge in [0, 0.05) is 37.3 Å². The summed E-state index contributed by atoms with van der Waals surface area (Å²) >= 11 is 1.89. The Hall–Kier alpha value is -5.64. The van der Waals surface area contributed by atoms with Gasteiger partial charge in [-0.05, 0) is 82.9 Å². The summed E-state index contributed by atoms with van der Waals surface area (Å²) in [7, 11) is 0. The quantitative estimate of drug-likeness (QED) is 0.188. The topological polar surface area (TPSA) is 8.17 Å². The molecule has 0 spiro atoms. The minimum absolute atomic E-state index is 0.181. The number of anilines is 3. The van der Waals surface area contributed by atoms with Crippen molar-refractivity contribution in [2.24, 2.45) is 0 Å². The summed E-state index contributed by atoms with van der Waals surface area (Å²) in [6, 6.07) is 58.1. The Kier molecular flexibility index (Phi) is 5.82. The van der Waals surface area contributed by atoms with Crippen LogP contribution in [0, 0.1) is 0 Å². The van der Waals surface area contributed by atoms with Gasteiger partial charge in [-0.15, -0.1) is 11.3 Å². The maximum atomic E-state index is 2.51. The van der Waals surface area contributed by atoms with Gasteiger partial charge in [0.15, 0.2) is 0 Å². The number of benzene rings is 7. The van der Waals surface area contributed by atoms with Crippen LogP contribution >= 0.6 is 11.3 Å². The molecule has 1 aliphatic rings. The lowest BCUT2D eigenvalue weighted by Crippen LogP contribution is -2.30. The van der Waals surface area contributed by atoms with Crippen molar-refractivity contribution in [2.75, 3.05) is 4.90 Å². The molecule has 10 rings (SSSR count). The van der Waals surface area contributed by atoms with E-state index < -0.39 is 0 Å². The fraction of sp³-hybridized carbons (Fsp3) is 0.0667. The van der Waals surface area contributed by atoms with E-state index in [0.717, 1.165) is 0 Å². The average molecular weight is 633 g/mol. The van der Waals surface area contributed by atoms with E-state index >= 15 is 0 Å². The number of nitrogens with zero attached hydrogens (tertiary/aromatic N) is 2. The summed E-state index contributed by atoms with van der Waals surface area (Å²) in [6.45, 7) is 4.75. The van der Waals surface area contributed by atoms with Crippen LogP contribution in [0.15, 0.2) is 158 Å². The highest BCUT2D eigenvalue weighted by Crippen LogP contribution is 2.54. The van der Waals surface area contributed by atoms with Gasteiger partial charge >= 0.3 is 0 Å². The van der Waals surface area contributed by atoms with Crippen molar-refractivity contribution >= 4 is 70.4 Å². The Labute approximate surface area is 283 Å². The predicted octanol–water partition coefficient (Wildman–Crippen LogP) is 12.9. The highest BCUT2D eigenvalue weighted by Gasteiger charge is 2.37. The van der Waals surface area contributed by atoms with Crippen molar-refractivity contribution < 1.29 is 0 Å². The van der Waals surface area contributed by atoms with Gasteiger partial charge in [-0.3, -0.25) is 0 Å². The summed E-state index contributed by atoms with van der Waals surface area (Å²) in [5, 5.41) is 5.18. The lowest BCUT2D eigenvalue weighted by atomic mass is 9.73. The molecule has 0 radical (unpaired) electrons. The van der Waals surface area contributed by atoms with Crippen LogP contribution in [0.4, 0.5) is 17.1 Å². The molecular weight excluding hydrogens is 601 g/mol. The summed E-state index contributed by atoms with van der Waals surface area (Å²) in [6.07, 6.45) is 0. The van der Waals surface area contributed by atoms with Crippen molar-refractivity contribution in [1.82, 2.24) is 4.57 Å². The van der Waals surface area contributed by atoms with Crippen LogP contribution in [-0.2, 0) is 5.41 Å². The van der Waals surface area contributed by atoms with Crippen LogP contribution in [0.3, 0.4) is 0 Å².